The van der Waals surface area contributed by atoms with E-state index in [9.17, 15) is 33.9 Å². The van der Waals surface area contributed by atoms with Crippen molar-refractivity contribution in [3.8, 4) is 0 Å². The average molecular weight is 823 g/mol. The molecule has 3 heterocycles. The quantitative estimate of drug-likeness (QED) is 0.0669. The van der Waals surface area contributed by atoms with E-state index in [0.29, 0.717) is 36.2 Å². The Morgan fingerprint density at radius 3 is 2.37 bits per heavy atom. The number of nitrogens with two attached hydrogens (primary N) is 1. The van der Waals surface area contributed by atoms with Gasteiger partial charge in [0.2, 0.25) is 17.6 Å². The largest absolute Gasteiger partial charge is 0.384 e. The minimum absolute atomic E-state index is 0.0158. The fraction of sp³-hybridized carbons (Fsp3) is 0.465. The van der Waals surface area contributed by atoms with E-state index >= 15 is 0 Å². The van der Waals surface area contributed by atoms with Crippen LogP contribution in [0.3, 0.4) is 0 Å². The van der Waals surface area contributed by atoms with Crippen molar-refractivity contribution in [3.63, 3.8) is 0 Å². The molecule has 7 N–H and O–H groups in total. The maximum Gasteiger partial charge on any atom is 0.319 e. The number of benzene rings is 2. The van der Waals surface area contributed by atoms with E-state index < -0.39 is 65.2 Å². The van der Waals surface area contributed by atoms with Gasteiger partial charge in [0, 0.05) is 43.2 Å². The maximum atomic E-state index is 14.9. The van der Waals surface area contributed by atoms with Crippen LogP contribution in [0.1, 0.15) is 100 Å². The van der Waals surface area contributed by atoms with Gasteiger partial charge in [-0.3, -0.25) is 29.0 Å². The lowest BCUT2D eigenvalue weighted by atomic mass is 9.84. The molecule has 2 fully saturated rings. The highest BCUT2D eigenvalue weighted by Crippen LogP contribution is 2.34. The molecule has 2 aromatic carbocycles. The van der Waals surface area contributed by atoms with Crippen molar-refractivity contribution in [3.05, 3.63) is 84.4 Å². The van der Waals surface area contributed by atoms with Gasteiger partial charge in [0.25, 0.3) is 11.8 Å². The highest BCUT2D eigenvalue weighted by molar-refractivity contribution is 6.37. The number of carbonyl (C=O) groups is 6. The Labute approximate surface area is 348 Å². The van der Waals surface area contributed by atoms with Gasteiger partial charge in [0.05, 0.1) is 24.0 Å². The molecule has 1 aliphatic heterocycles. The van der Waals surface area contributed by atoms with Gasteiger partial charge >= 0.3 is 6.03 Å². The second-order valence-electron chi connectivity index (χ2n) is 16.2. The Morgan fingerprint density at radius 1 is 0.917 bits per heavy atom. The van der Waals surface area contributed by atoms with Crippen molar-refractivity contribution in [1.82, 2.24) is 40.8 Å². The van der Waals surface area contributed by atoms with Crippen molar-refractivity contribution in [2.24, 2.45) is 11.7 Å². The fourth-order valence-electron chi connectivity index (χ4n) is 8.18. The lowest BCUT2D eigenvalue weighted by molar-refractivity contribution is -0.142. The molecule has 17 nitrogen and oxygen atoms in total. The summed E-state index contributed by atoms with van der Waals surface area (Å²) in [5.74, 6) is -3.66. The SMILES string of the molecule is CC(C)(O)c1cnnn1[C@H]1C[C@@H](C(=O)NC(CCCCNC(=O)Nc2ccncc2)C(=O)C(N)=O)N(C(=O)C(CC2CCCCC2)NC(=O)c2ccc3ccccc3c2)C1. The van der Waals surface area contributed by atoms with Crippen LogP contribution in [0, 0.1) is 5.92 Å². The number of fused-ring (bicyclic) bond motifs is 1. The number of aliphatic hydroxyl groups is 1. The molecule has 318 valence electrons. The first-order valence-corrected chi connectivity index (χ1v) is 20.6. The summed E-state index contributed by atoms with van der Waals surface area (Å²) in [5.41, 5.74) is 5.39. The van der Waals surface area contributed by atoms with E-state index in [-0.39, 0.29) is 31.8 Å². The number of unbranched alkanes of at least 4 members (excludes halogenated alkanes) is 1. The number of aromatic nitrogens is 4. The van der Waals surface area contributed by atoms with Crippen LogP contribution in [-0.4, -0.2) is 96.6 Å². The summed E-state index contributed by atoms with van der Waals surface area (Å²) in [6.45, 7) is 3.38. The molecule has 60 heavy (non-hydrogen) atoms. The van der Waals surface area contributed by atoms with Crippen LogP contribution >= 0.6 is 0 Å². The third-order valence-electron chi connectivity index (χ3n) is 11.3. The Hall–Kier alpha value is -6.23. The van der Waals surface area contributed by atoms with Gasteiger partial charge in [-0.15, -0.1) is 5.10 Å². The first-order chi connectivity index (χ1) is 28.8. The minimum atomic E-state index is -1.36. The minimum Gasteiger partial charge on any atom is -0.384 e. The van der Waals surface area contributed by atoms with Crippen molar-refractivity contribution in [2.45, 2.75) is 108 Å². The summed E-state index contributed by atoms with van der Waals surface area (Å²) in [5, 5.41) is 32.1. The summed E-state index contributed by atoms with van der Waals surface area (Å²) in [6.07, 6.45) is 10.6. The predicted octanol–water partition coefficient (Wildman–Crippen LogP) is 3.50. The summed E-state index contributed by atoms with van der Waals surface area (Å²) >= 11 is 0. The number of rotatable bonds is 17. The third-order valence-corrected chi connectivity index (χ3v) is 11.3. The van der Waals surface area contributed by atoms with E-state index in [2.05, 4.69) is 36.6 Å². The highest BCUT2D eigenvalue weighted by Gasteiger charge is 2.45. The number of nitrogens with zero attached hydrogens (tertiary/aromatic N) is 5. The normalized spacial score (nSPS) is 18.0. The van der Waals surface area contributed by atoms with Crippen LogP contribution in [0.4, 0.5) is 10.5 Å². The van der Waals surface area contributed by atoms with Crippen molar-refractivity contribution in [2.75, 3.05) is 18.4 Å². The summed E-state index contributed by atoms with van der Waals surface area (Å²) in [6, 6.07) is 11.8. The molecule has 1 aliphatic carbocycles. The molecular weight excluding hydrogens is 769 g/mol. The molecule has 6 amide bonds. The molecule has 17 heteroatoms. The molecule has 2 unspecified atom stereocenters. The molecule has 1 saturated carbocycles. The fourth-order valence-corrected chi connectivity index (χ4v) is 8.18. The predicted molar refractivity (Wildman–Crippen MR) is 222 cm³/mol. The smallest absolute Gasteiger partial charge is 0.319 e. The molecule has 4 atom stereocenters. The van der Waals surface area contributed by atoms with Crippen LogP contribution in [-0.2, 0) is 24.8 Å². The van der Waals surface area contributed by atoms with Crippen LogP contribution < -0.4 is 27.0 Å². The van der Waals surface area contributed by atoms with E-state index in [1.807, 2.05) is 30.3 Å². The number of ketones is 1. The first-order valence-electron chi connectivity index (χ1n) is 20.6. The van der Waals surface area contributed by atoms with Crippen LogP contribution in [0.15, 0.2) is 73.2 Å². The Morgan fingerprint density at radius 2 is 1.65 bits per heavy atom. The van der Waals surface area contributed by atoms with Gasteiger partial charge in [0.1, 0.15) is 17.7 Å². The number of hydrogen-bond donors (Lipinski definition) is 6. The molecule has 6 rings (SSSR count). The molecular formula is C43H54N10O7. The maximum absolute atomic E-state index is 14.9. The van der Waals surface area contributed by atoms with Crippen LogP contribution in [0.5, 0.6) is 0 Å². The lowest BCUT2D eigenvalue weighted by Crippen LogP contribution is -2.56. The van der Waals surface area contributed by atoms with Gasteiger partial charge in [0.15, 0.2) is 0 Å². The van der Waals surface area contributed by atoms with Crippen LogP contribution in [0.2, 0.25) is 0 Å². The number of anilines is 1. The van der Waals surface area contributed by atoms with E-state index in [0.717, 1.165) is 42.9 Å². The van der Waals surface area contributed by atoms with Crippen LogP contribution in [0.25, 0.3) is 10.8 Å². The second kappa shape index (κ2) is 19.7. The zero-order valence-corrected chi connectivity index (χ0v) is 34.0. The Balaban J connectivity index is 1.21. The third kappa shape index (κ3) is 11.1. The van der Waals surface area contributed by atoms with Gasteiger partial charge in [-0.2, -0.15) is 0 Å². The summed E-state index contributed by atoms with van der Waals surface area (Å²) in [4.78, 5) is 86.1. The molecule has 2 aromatic heterocycles. The monoisotopic (exact) mass is 822 g/mol. The topological polar surface area (TPSA) is 244 Å². The van der Waals surface area contributed by atoms with Crippen molar-refractivity contribution >= 4 is 51.9 Å². The summed E-state index contributed by atoms with van der Waals surface area (Å²) < 4.78 is 1.50. The number of pyridine rings is 1. The van der Waals surface area contributed by atoms with Gasteiger partial charge in [-0.1, -0.05) is 67.6 Å². The highest BCUT2D eigenvalue weighted by atomic mass is 16.3. The first kappa shape index (κ1) is 43.4. The zero-order valence-electron chi connectivity index (χ0n) is 34.0. The van der Waals surface area contributed by atoms with E-state index in [4.69, 9.17) is 5.73 Å². The number of hydrogen-bond acceptors (Lipinski definition) is 10. The molecule has 2 aliphatic rings. The molecule has 0 spiro atoms. The molecule has 0 bridgehead atoms. The molecule has 0 radical (unpaired) electrons. The van der Waals surface area contributed by atoms with Gasteiger partial charge in [-0.05, 0) is 80.5 Å². The van der Waals surface area contributed by atoms with E-state index in [1.54, 1.807) is 50.5 Å². The number of nitrogens with one attached hydrogen (secondary N) is 4. The number of primary amides is 1. The number of urea groups is 1. The van der Waals surface area contributed by atoms with E-state index in [1.165, 1.54) is 15.8 Å². The summed E-state index contributed by atoms with van der Waals surface area (Å²) in [7, 11) is 0. The standard InChI is InChI=1S/C43H54N10O7/c1-43(2,60)36-25-47-51-53(36)32-24-35(40(57)49-33(37(54)38(44)55)14-8-9-19-46-42(59)48-31-17-20-45-21-18-31)52(26-32)41(58)34(22-27-10-4-3-5-11-27)50-39(56)30-16-15-28-12-6-7-13-29(28)23-30/h6-7,12-13,15-18,20-21,23,25,27,32-35,60H,3-5,8-11,14,19,22,24,26H2,1-2H3,(H2,44,55)(H,49,57)(H,50,56)(H2,45,46,48,59)/t32-,33?,34?,35-/m0/s1. The van der Waals surface area contributed by atoms with Gasteiger partial charge < -0.3 is 37.0 Å². The Kier molecular flexibility index (Phi) is 14.2. The zero-order chi connectivity index (χ0) is 42.8. The second-order valence-corrected chi connectivity index (χ2v) is 16.2. The van der Waals surface area contributed by atoms with Crippen molar-refractivity contribution in [1.29, 1.82) is 0 Å². The average Bonchev–Trinajstić information content (AvgIpc) is 3.92. The van der Waals surface area contributed by atoms with Gasteiger partial charge in [-0.25, -0.2) is 9.48 Å². The molecule has 4 aromatic rings. The van der Waals surface area contributed by atoms with Crippen molar-refractivity contribution < 1.29 is 33.9 Å². The number of amides is 6. The molecule has 1 saturated heterocycles. The number of carbonyl (C=O) groups excluding carboxylic acids is 6. The number of likely N-dealkylation sites (tertiary alicyclic amines) is 1. The lowest BCUT2D eigenvalue weighted by Gasteiger charge is -2.32. The number of Topliss-reactive ketones (excluding diaryl/α,β-unsaturated/α-hetero) is 1. The Bertz CT molecular complexity index is 2170.